The van der Waals surface area contributed by atoms with Gasteiger partial charge in [-0.15, -0.1) is 11.3 Å². The van der Waals surface area contributed by atoms with Crippen molar-refractivity contribution in [3.63, 3.8) is 0 Å². The third kappa shape index (κ3) is 2.19. The van der Waals surface area contributed by atoms with Crippen LogP contribution in [0.5, 0.6) is 0 Å². The molecule has 0 fully saturated rings. The fourth-order valence-electron chi connectivity index (χ4n) is 1.63. The molecule has 3 heterocycles. The molecule has 0 unspecified atom stereocenters. The maximum absolute atomic E-state index is 11.8. The van der Waals surface area contributed by atoms with Crippen LogP contribution in [0.2, 0.25) is 0 Å². The van der Waals surface area contributed by atoms with Crippen LogP contribution in [0.15, 0.2) is 34.5 Å². The van der Waals surface area contributed by atoms with Crippen LogP contribution in [0.4, 0.5) is 0 Å². The summed E-state index contributed by atoms with van der Waals surface area (Å²) in [7, 11) is 0. The minimum atomic E-state index is -0.142. The van der Waals surface area contributed by atoms with Crippen molar-refractivity contribution in [3.05, 3.63) is 45.9 Å². The number of thiazole rings is 1. The van der Waals surface area contributed by atoms with Gasteiger partial charge in [0.1, 0.15) is 5.69 Å². The third-order valence-electron chi connectivity index (χ3n) is 2.47. The predicted octanol–water partition coefficient (Wildman–Crippen LogP) is 2.42. The number of carbonyl (C=O) groups excluding carboxylic acids is 1. The first-order valence-corrected chi connectivity index (χ1v) is 6.93. The second kappa shape index (κ2) is 4.58. The molecule has 0 aliphatic heterocycles. The zero-order valence-electron chi connectivity index (χ0n) is 9.18. The monoisotopic (exact) mass is 324 g/mol. The summed E-state index contributed by atoms with van der Waals surface area (Å²) in [5.41, 5.74) is 1.38. The van der Waals surface area contributed by atoms with E-state index in [0.29, 0.717) is 12.2 Å². The van der Waals surface area contributed by atoms with E-state index in [1.54, 1.807) is 23.6 Å². The molecular weight excluding hydrogens is 316 g/mol. The molecule has 7 heteroatoms. The summed E-state index contributed by atoms with van der Waals surface area (Å²) in [6.07, 6.45) is 5.58. The quantitative estimate of drug-likeness (QED) is 0.777. The van der Waals surface area contributed by atoms with E-state index >= 15 is 0 Å². The van der Waals surface area contributed by atoms with Crippen molar-refractivity contribution < 1.29 is 4.79 Å². The number of nitrogens with one attached hydrogen (secondary N) is 2. The van der Waals surface area contributed by atoms with E-state index in [9.17, 15) is 4.79 Å². The zero-order chi connectivity index (χ0) is 12.5. The third-order valence-corrected chi connectivity index (χ3v) is 3.69. The van der Waals surface area contributed by atoms with Crippen molar-refractivity contribution in [2.24, 2.45) is 0 Å². The van der Waals surface area contributed by atoms with Crippen LogP contribution < -0.4 is 5.32 Å². The van der Waals surface area contributed by atoms with Gasteiger partial charge in [0.2, 0.25) is 0 Å². The number of H-pyrrole nitrogens is 1. The second-order valence-electron chi connectivity index (χ2n) is 3.74. The Bertz CT molecular complexity index is 670. The maximum Gasteiger partial charge on any atom is 0.268 e. The number of amides is 1. The highest BCUT2D eigenvalue weighted by atomic mass is 79.9. The van der Waals surface area contributed by atoms with Gasteiger partial charge in [-0.2, -0.15) is 0 Å². The van der Waals surface area contributed by atoms with Crippen LogP contribution in [-0.2, 0) is 6.54 Å². The summed E-state index contributed by atoms with van der Waals surface area (Å²) in [5, 5.41) is 4.79. The van der Waals surface area contributed by atoms with E-state index < -0.39 is 0 Å². The van der Waals surface area contributed by atoms with Crippen LogP contribution in [0.3, 0.4) is 0 Å². The van der Waals surface area contributed by atoms with E-state index in [1.165, 1.54) is 0 Å². The van der Waals surface area contributed by atoms with Gasteiger partial charge in [-0.1, -0.05) is 0 Å². The number of fused-ring (bicyclic) bond motifs is 1. The second-order valence-corrected chi connectivity index (χ2v) is 5.53. The van der Waals surface area contributed by atoms with Crippen LogP contribution >= 0.6 is 27.3 Å². The minimum absolute atomic E-state index is 0.142. The molecule has 0 saturated carbocycles. The van der Waals surface area contributed by atoms with Crippen LogP contribution in [0.25, 0.3) is 4.96 Å². The first-order valence-electron chi connectivity index (χ1n) is 5.25. The minimum Gasteiger partial charge on any atom is -0.356 e. The molecule has 5 nitrogen and oxygen atoms in total. The lowest BCUT2D eigenvalue weighted by molar-refractivity contribution is 0.0946. The number of hydrogen-bond acceptors (Lipinski definition) is 3. The predicted molar refractivity (Wildman–Crippen MR) is 72.7 cm³/mol. The van der Waals surface area contributed by atoms with Gasteiger partial charge >= 0.3 is 0 Å². The molecule has 3 rings (SSSR count). The summed E-state index contributed by atoms with van der Waals surface area (Å²) in [5.74, 6) is -0.142. The number of aromatic amines is 1. The molecular formula is C11H9BrN4OS. The fourth-order valence-corrected chi connectivity index (χ4v) is 2.69. The lowest BCUT2D eigenvalue weighted by atomic mass is 10.4. The first-order chi connectivity index (χ1) is 8.72. The molecule has 0 aliphatic carbocycles. The van der Waals surface area contributed by atoms with Crippen molar-refractivity contribution >= 4 is 38.1 Å². The molecule has 0 aromatic carbocycles. The van der Waals surface area contributed by atoms with Gasteiger partial charge in [0, 0.05) is 28.4 Å². The molecule has 2 N–H and O–H groups in total. The van der Waals surface area contributed by atoms with Crippen LogP contribution in [0, 0.1) is 0 Å². The topological polar surface area (TPSA) is 62.2 Å². The average Bonchev–Trinajstić information content (AvgIpc) is 3.00. The van der Waals surface area contributed by atoms with Gasteiger partial charge < -0.3 is 10.3 Å². The Balaban J connectivity index is 1.67. The number of hydrogen-bond donors (Lipinski definition) is 2. The molecule has 0 radical (unpaired) electrons. The lowest BCUT2D eigenvalue weighted by Crippen LogP contribution is -2.23. The molecule has 3 aromatic heterocycles. The Labute approximate surface area is 115 Å². The summed E-state index contributed by atoms with van der Waals surface area (Å²) < 4.78 is 2.80. The van der Waals surface area contributed by atoms with E-state index in [1.807, 2.05) is 22.2 Å². The first kappa shape index (κ1) is 11.5. The highest BCUT2D eigenvalue weighted by Gasteiger charge is 2.09. The molecule has 92 valence electrons. The summed E-state index contributed by atoms with van der Waals surface area (Å²) in [6.45, 7) is 0.421. The van der Waals surface area contributed by atoms with Gasteiger partial charge in [-0.3, -0.25) is 9.20 Å². The highest BCUT2D eigenvalue weighted by Crippen LogP contribution is 2.12. The SMILES string of the molecule is O=C(NCc1cn2ccsc2n1)c1cc(Br)c[nH]1. The van der Waals surface area contributed by atoms with Crippen molar-refractivity contribution in [1.82, 2.24) is 19.7 Å². The lowest BCUT2D eigenvalue weighted by Gasteiger charge is -2.00. The highest BCUT2D eigenvalue weighted by molar-refractivity contribution is 9.10. The molecule has 1 amide bonds. The molecule has 0 saturated heterocycles. The van der Waals surface area contributed by atoms with Crippen molar-refractivity contribution in [3.8, 4) is 0 Å². The van der Waals surface area contributed by atoms with Crippen molar-refractivity contribution in [2.45, 2.75) is 6.54 Å². The summed E-state index contributed by atoms with van der Waals surface area (Å²) in [6, 6.07) is 1.74. The van der Waals surface area contributed by atoms with Crippen LogP contribution in [0.1, 0.15) is 16.2 Å². The van der Waals surface area contributed by atoms with Gasteiger partial charge in [0.15, 0.2) is 4.96 Å². The number of halogens is 1. The molecule has 0 aliphatic rings. The smallest absolute Gasteiger partial charge is 0.268 e. The van der Waals surface area contributed by atoms with E-state index in [0.717, 1.165) is 15.1 Å². The van der Waals surface area contributed by atoms with Crippen molar-refractivity contribution in [1.29, 1.82) is 0 Å². The fraction of sp³-hybridized carbons (Fsp3) is 0.0909. The largest absolute Gasteiger partial charge is 0.356 e. The molecule has 0 atom stereocenters. The molecule has 0 bridgehead atoms. The van der Waals surface area contributed by atoms with E-state index in [-0.39, 0.29) is 5.91 Å². The zero-order valence-corrected chi connectivity index (χ0v) is 11.6. The normalized spacial score (nSPS) is 10.9. The van der Waals surface area contributed by atoms with Crippen molar-refractivity contribution in [2.75, 3.05) is 0 Å². The van der Waals surface area contributed by atoms with Gasteiger partial charge in [-0.25, -0.2) is 4.98 Å². The Kier molecular flexibility index (Phi) is 2.92. The molecule has 0 spiro atoms. The Morgan fingerprint density at radius 1 is 1.61 bits per heavy atom. The maximum atomic E-state index is 11.8. The number of carbonyl (C=O) groups is 1. The Morgan fingerprint density at radius 2 is 2.50 bits per heavy atom. The van der Waals surface area contributed by atoms with E-state index in [2.05, 4.69) is 31.2 Å². The standard InChI is InChI=1S/C11H9BrN4OS/c12-7-3-9(13-4-7)10(17)14-5-8-6-16-1-2-18-11(16)15-8/h1-4,6,13H,5H2,(H,14,17). The van der Waals surface area contributed by atoms with Gasteiger partial charge in [0.05, 0.1) is 12.2 Å². The van der Waals surface area contributed by atoms with Gasteiger partial charge in [0.25, 0.3) is 5.91 Å². The molecule has 18 heavy (non-hydrogen) atoms. The van der Waals surface area contributed by atoms with Gasteiger partial charge in [-0.05, 0) is 22.0 Å². The number of imidazole rings is 1. The Morgan fingerprint density at radius 3 is 3.22 bits per heavy atom. The van der Waals surface area contributed by atoms with Crippen LogP contribution in [-0.4, -0.2) is 20.3 Å². The average molecular weight is 325 g/mol. The van der Waals surface area contributed by atoms with E-state index in [4.69, 9.17) is 0 Å². The number of rotatable bonds is 3. The summed E-state index contributed by atoms with van der Waals surface area (Å²) in [4.78, 5) is 20.0. The number of aromatic nitrogens is 3. The Hall–Kier alpha value is -1.60. The summed E-state index contributed by atoms with van der Waals surface area (Å²) >= 11 is 4.86. The molecule has 3 aromatic rings. The number of nitrogens with zero attached hydrogens (tertiary/aromatic N) is 2.